The van der Waals surface area contributed by atoms with Crippen LogP contribution in [0, 0.1) is 0 Å². The Bertz CT molecular complexity index is 164. The number of halogens is 1. The van der Waals surface area contributed by atoms with E-state index in [1.807, 2.05) is 0 Å². The van der Waals surface area contributed by atoms with Crippen LogP contribution in [0.25, 0.3) is 0 Å². The standard InChI is InChI=1S/C5H15N2.C4H6O2.ClH/c1-7(2,3)5-4-6;1-3(2)4(5)6;/h4-6H2,1-3H3;1H2,2H3,(H,5,6);1H/q+1;;/p-1. The number of carbonyl (C=O) groups is 1. The van der Waals surface area contributed by atoms with Gasteiger partial charge in [0.05, 0.1) is 27.7 Å². The highest BCUT2D eigenvalue weighted by molar-refractivity contribution is 5.84. The Kier molecular flexibility index (Phi) is 12.2. The average Bonchev–Trinajstić information content (AvgIpc) is 1.85. The van der Waals surface area contributed by atoms with Crippen molar-refractivity contribution >= 4 is 5.97 Å². The third-order valence-electron chi connectivity index (χ3n) is 1.17. The molecule has 0 aromatic carbocycles. The van der Waals surface area contributed by atoms with Gasteiger partial charge in [-0.25, -0.2) is 4.79 Å². The zero-order valence-electron chi connectivity index (χ0n) is 9.38. The van der Waals surface area contributed by atoms with Gasteiger partial charge in [-0.1, -0.05) is 6.58 Å². The Hall–Kier alpha value is -0.580. The molecule has 0 saturated heterocycles. The van der Waals surface area contributed by atoms with Gasteiger partial charge in [0.1, 0.15) is 0 Å². The minimum atomic E-state index is -0.935. The number of rotatable bonds is 3. The fourth-order valence-electron chi connectivity index (χ4n) is 0.387. The van der Waals surface area contributed by atoms with Crippen molar-refractivity contribution < 1.29 is 26.8 Å². The Morgan fingerprint density at radius 3 is 1.71 bits per heavy atom. The maximum absolute atomic E-state index is 9.60. The topological polar surface area (TPSA) is 63.3 Å². The maximum Gasteiger partial charge on any atom is 0.330 e. The number of nitrogens with zero attached hydrogens (tertiary/aromatic N) is 1. The fourth-order valence-corrected chi connectivity index (χ4v) is 0.387. The molecule has 0 amide bonds. The first kappa shape index (κ1) is 19.1. The van der Waals surface area contributed by atoms with E-state index in [2.05, 4.69) is 27.7 Å². The molecule has 0 rings (SSSR count). The number of carboxylic acids is 1. The van der Waals surface area contributed by atoms with Crippen LogP contribution in [0.4, 0.5) is 0 Å². The van der Waals surface area contributed by atoms with Crippen LogP contribution in [-0.4, -0.2) is 49.8 Å². The van der Waals surface area contributed by atoms with Crippen LogP contribution in [-0.2, 0) is 4.79 Å². The number of likely N-dealkylation sites (N-methyl/N-ethyl adjacent to an activating group) is 1. The number of carboxylic acid groups (broad SMARTS) is 1. The van der Waals surface area contributed by atoms with Gasteiger partial charge < -0.3 is 27.7 Å². The molecule has 0 saturated carbocycles. The number of aliphatic carboxylic acids is 1. The van der Waals surface area contributed by atoms with E-state index >= 15 is 0 Å². The lowest BCUT2D eigenvalue weighted by Gasteiger charge is -2.22. The molecule has 0 heterocycles. The van der Waals surface area contributed by atoms with E-state index in [-0.39, 0.29) is 18.0 Å². The van der Waals surface area contributed by atoms with Crippen molar-refractivity contribution in [1.29, 1.82) is 0 Å². The second kappa shape index (κ2) is 8.99. The number of quaternary nitrogens is 1. The van der Waals surface area contributed by atoms with Crippen LogP contribution in [0.15, 0.2) is 12.2 Å². The molecule has 0 aromatic rings. The van der Waals surface area contributed by atoms with E-state index in [1.54, 1.807) is 0 Å². The summed E-state index contributed by atoms with van der Waals surface area (Å²) < 4.78 is 0.969. The Labute approximate surface area is 92.4 Å². The van der Waals surface area contributed by atoms with E-state index in [4.69, 9.17) is 10.8 Å². The summed E-state index contributed by atoms with van der Waals surface area (Å²) in [6.07, 6.45) is 0. The average molecular weight is 225 g/mol. The lowest BCUT2D eigenvalue weighted by molar-refractivity contribution is -0.868. The SMILES string of the molecule is C=C(C)C(=O)O.C[N+](C)(C)CCN.[Cl-]. The van der Waals surface area contributed by atoms with E-state index in [0.717, 1.165) is 17.6 Å². The largest absolute Gasteiger partial charge is 1.00 e. The second-order valence-corrected chi connectivity index (χ2v) is 3.89. The van der Waals surface area contributed by atoms with E-state index in [9.17, 15) is 4.79 Å². The highest BCUT2D eigenvalue weighted by atomic mass is 35.5. The van der Waals surface area contributed by atoms with Gasteiger partial charge in [0.15, 0.2) is 0 Å². The molecule has 0 radical (unpaired) electrons. The zero-order chi connectivity index (χ0) is 11.1. The van der Waals surface area contributed by atoms with Crippen LogP contribution in [0.5, 0.6) is 0 Å². The van der Waals surface area contributed by atoms with Crippen LogP contribution < -0.4 is 18.1 Å². The monoisotopic (exact) mass is 224 g/mol. The quantitative estimate of drug-likeness (QED) is 0.405. The Morgan fingerprint density at radius 1 is 1.43 bits per heavy atom. The Balaban J connectivity index is -0.000000163. The summed E-state index contributed by atoms with van der Waals surface area (Å²) in [6.45, 7) is 6.44. The lowest BCUT2D eigenvalue weighted by Crippen LogP contribution is -3.00. The van der Waals surface area contributed by atoms with Crippen LogP contribution >= 0.6 is 0 Å². The first-order valence-electron chi connectivity index (χ1n) is 4.10. The van der Waals surface area contributed by atoms with Crippen molar-refractivity contribution in [1.82, 2.24) is 0 Å². The van der Waals surface area contributed by atoms with Gasteiger partial charge in [-0.15, -0.1) is 0 Å². The van der Waals surface area contributed by atoms with Crippen molar-refractivity contribution in [3.63, 3.8) is 0 Å². The molecule has 0 aliphatic carbocycles. The fraction of sp³-hybridized carbons (Fsp3) is 0.667. The number of hydrogen-bond acceptors (Lipinski definition) is 2. The minimum Gasteiger partial charge on any atom is -1.00 e. The van der Waals surface area contributed by atoms with E-state index < -0.39 is 5.97 Å². The van der Waals surface area contributed by atoms with Crippen LogP contribution in [0.3, 0.4) is 0 Å². The molecule has 3 N–H and O–H groups in total. The summed E-state index contributed by atoms with van der Waals surface area (Å²) in [5, 5.41) is 7.89. The van der Waals surface area contributed by atoms with Crippen LogP contribution in [0.2, 0.25) is 0 Å². The first-order valence-corrected chi connectivity index (χ1v) is 4.10. The molecule has 0 aliphatic rings. The van der Waals surface area contributed by atoms with Crippen molar-refractivity contribution in [2.75, 3.05) is 34.2 Å². The summed E-state index contributed by atoms with van der Waals surface area (Å²) in [7, 11) is 6.40. The third kappa shape index (κ3) is 22.5. The minimum absolute atomic E-state index is 0. The summed E-state index contributed by atoms with van der Waals surface area (Å²) in [5.74, 6) is -0.935. The molecular weight excluding hydrogens is 204 g/mol. The van der Waals surface area contributed by atoms with E-state index in [0.29, 0.717) is 0 Å². The van der Waals surface area contributed by atoms with Crippen molar-refractivity contribution in [3.8, 4) is 0 Å². The van der Waals surface area contributed by atoms with Gasteiger partial charge in [-0.2, -0.15) is 0 Å². The molecular formula is C9H21ClN2O2. The molecule has 86 valence electrons. The maximum atomic E-state index is 9.60. The van der Waals surface area contributed by atoms with Gasteiger partial charge in [-0.3, -0.25) is 0 Å². The summed E-state index contributed by atoms with van der Waals surface area (Å²) in [6, 6.07) is 0. The predicted octanol–water partition coefficient (Wildman–Crippen LogP) is -2.70. The summed E-state index contributed by atoms with van der Waals surface area (Å²) >= 11 is 0. The van der Waals surface area contributed by atoms with Gasteiger partial charge in [-0.05, 0) is 6.92 Å². The molecule has 0 aliphatic heterocycles. The van der Waals surface area contributed by atoms with Crippen molar-refractivity contribution in [2.24, 2.45) is 5.73 Å². The molecule has 0 unspecified atom stereocenters. The first-order chi connectivity index (χ1) is 5.70. The van der Waals surface area contributed by atoms with Gasteiger partial charge in [0.25, 0.3) is 0 Å². The lowest BCUT2D eigenvalue weighted by atomic mass is 10.4. The molecule has 0 fully saturated rings. The molecule has 14 heavy (non-hydrogen) atoms. The predicted molar refractivity (Wildman–Crippen MR) is 54.4 cm³/mol. The molecule has 0 atom stereocenters. The number of hydrogen-bond donors (Lipinski definition) is 2. The zero-order valence-corrected chi connectivity index (χ0v) is 10.1. The van der Waals surface area contributed by atoms with Crippen molar-refractivity contribution in [3.05, 3.63) is 12.2 Å². The van der Waals surface area contributed by atoms with E-state index in [1.165, 1.54) is 6.92 Å². The summed E-state index contributed by atoms with van der Waals surface area (Å²) in [4.78, 5) is 9.60. The van der Waals surface area contributed by atoms with Crippen LogP contribution in [0.1, 0.15) is 6.92 Å². The van der Waals surface area contributed by atoms with Gasteiger partial charge in [0, 0.05) is 12.1 Å². The molecule has 0 spiro atoms. The Morgan fingerprint density at radius 2 is 1.71 bits per heavy atom. The highest BCUT2D eigenvalue weighted by Gasteiger charge is 2.01. The smallest absolute Gasteiger partial charge is 0.330 e. The normalized spacial score (nSPS) is 9.21. The second-order valence-electron chi connectivity index (χ2n) is 3.89. The summed E-state index contributed by atoms with van der Waals surface area (Å²) in [5.41, 5.74) is 5.47. The molecule has 0 bridgehead atoms. The third-order valence-corrected chi connectivity index (χ3v) is 1.17. The van der Waals surface area contributed by atoms with Crippen molar-refractivity contribution in [2.45, 2.75) is 6.92 Å². The molecule has 0 aromatic heterocycles. The number of nitrogens with two attached hydrogens (primary N) is 1. The molecule has 5 heteroatoms. The van der Waals surface area contributed by atoms with Gasteiger partial charge in [0.2, 0.25) is 0 Å². The highest BCUT2D eigenvalue weighted by Crippen LogP contribution is 1.83. The van der Waals surface area contributed by atoms with Gasteiger partial charge >= 0.3 is 5.97 Å². The molecule has 4 nitrogen and oxygen atoms in total.